The second kappa shape index (κ2) is 5.30. The summed E-state index contributed by atoms with van der Waals surface area (Å²) in [6, 6.07) is 0.149. The van der Waals surface area contributed by atoms with Crippen LogP contribution < -0.4 is 5.32 Å². The van der Waals surface area contributed by atoms with Crippen molar-refractivity contribution in [3.63, 3.8) is 0 Å². The second-order valence-electron chi connectivity index (χ2n) is 5.00. The Morgan fingerprint density at radius 2 is 1.78 bits per heavy atom. The molecule has 0 heterocycles. The quantitative estimate of drug-likeness (QED) is 0.477. The number of carbonyl (C=O) groups is 1. The number of nitro benzene ring substituents is 1. The van der Waals surface area contributed by atoms with Gasteiger partial charge in [0.1, 0.15) is 4.90 Å². The number of halogens is 5. The Morgan fingerprint density at radius 3 is 2.22 bits per heavy atom. The molecule has 0 bridgehead atoms. The van der Waals surface area contributed by atoms with Gasteiger partial charge in [-0.1, -0.05) is 19.4 Å². The minimum absolute atomic E-state index is 0.0280. The molecule has 23 heavy (non-hydrogen) atoms. The van der Waals surface area contributed by atoms with Gasteiger partial charge in [-0.15, -0.1) is 0 Å². The summed E-state index contributed by atoms with van der Waals surface area (Å²) in [4.78, 5) is 20.3. The SMILES string of the molecule is CN(C)CCNC(=O)c1cc([N+](=O)[O-])cc(S(F)(F)(F)(F)F)c1. The first-order chi connectivity index (χ1) is 10.1. The zero-order valence-corrected chi connectivity index (χ0v) is 12.9. The third-order valence-corrected chi connectivity index (χ3v) is 3.78. The molecule has 1 aromatic rings. The lowest BCUT2D eigenvalue weighted by atomic mass is 10.2. The van der Waals surface area contributed by atoms with E-state index in [-0.39, 0.29) is 18.7 Å². The van der Waals surface area contributed by atoms with E-state index in [1.165, 1.54) is 0 Å². The van der Waals surface area contributed by atoms with Gasteiger partial charge in [0.15, 0.2) is 0 Å². The number of hydrogen-bond donors (Lipinski definition) is 1. The second-order valence-corrected chi connectivity index (χ2v) is 7.41. The summed E-state index contributed by atoms with van der Waals surface area (Å²) in [6.07, 6.45) is 0. The molecule has 0 radical (unpaired) electrons. The van der Waals surface area contributed by atoms with Crippen LogP contribution in [0.2, 0.25) is 0 Å². The molecular weight excluding hydrogens is 349 g/mol. The molecule has 0 aliphatic heterocycles. The number of likely N-dealkylation sites (N-methyl/N-ethyl adjacent to an activating group) is 1. The molecule has 0 aliphatic rings. The number of nitrogens with one attached hydrogen (secondary N) is 1. The van der Waals surface area contributed by atoms with Crippen LogP contribution in [0.3, 0.4) is 0 Å². The Hall–Kier alpha value is -1.95. The van der Waals surface area contributed by atoms with E-state index in [9.17, 15) is 34.3 Å². The van der Waals surface area contributed by atoms with Gasteiger partial charge in [0.2, 0.25) is 0 Å². The smallest absolute Gasteiger partial charge is 0.310 e. The molecule has 1 N–H and O–H groups in total. The highest BCUT2D eigenvalue weighted by Gasteiger charge is 2.66. The van der Waals surface area contributed by atoms with E-state index >= 15 is 0 Å². The molecule has 0 atom stereocenters. The molecule has 0 aromatic heterocycles. The summed E-state index contributed by atoms with van der Waals surface area (Å²) < 4.78 is 64.2. The summed E-state index contributed by atoms with van der Waals surface area (Å²) in [5.41, 5.74) is -2.10. The molecule has 0 fully saturated rings. The molecule has 1 rings (SSSR count). The molecule has 6 nitrogen and oxygen atoms in total. The molecule has 12 heteroatoms. The molecule has 0 saturated carbocycles. The summed E-state index contributed by atoms with van der Waals surface area (Å²) >= 11 is 0. The normalized spacial score (nSPS) is 15.0. The van der Waals surface area contributed by atoms with Crippen molar-refractivity contribution in [1.29, 1.82) is 0 Å². The van der Waals surface area contributed by atoms with Crippen LogP contribution in [0.4, 0.5) is 25.1 Å². The Bertz CT molecular complexity index is 648. The fourth-order valence-electron chi connectivity index (χ4n) is 1.54. The van der Waals surface area contributed by atoms with E-state index in [2.05, 4.69) is 5.32 Å². The first-order valence-corrected chi connectivity index (χ1v) is 8.02. The third kappa shape index (κ3) is 5.63. The van der Waals surface area contributed by atoms with Gasteiger partial charge in [-0.05, 0) is 20.2 Å². The van der Waals surface area contributed by atoms with E-state index < -0.39 is 37.2 Å². The van der Waals surface area contributed by atoms with Gasteiger partial charge < -0.3 is 10.2 Å². The number of benzene rings is 1. The van der Waals surface area contributed by atoms with Crippen LogP contribution in [0, 0.1) is 10.1 Å². The zero-order valence-electron chi connectivity index (χ0n) is 12.1. The molecule has 0 spiro atoms. The first-order valence-electron chi connectivity index (χ1n) is 6.06. The highest BCUT2D eigenvalue weighted by molar-refractivity contribution is 8.45. The number of non-ortho nitro benzene ring substituents is 1. The van der Waals surface area contributed by atoms with Crippen molar-refractivity contribution in [3.05, 3.63) is 33.9 Å². The van der Waals surface area contributed by atoms with Gasteiger partial charge in [0, 0.05) is 30.8 Å². The van der Waals surface area contributed by atoms with Gasteiger partial charge in [0.05, 0.1) is 4.92 Å². The fraction of sp³-hybridized carbons (Fsp3) is 0.364. The molecule has 1 amide bonds. The van der Waals surface area contributed by atoms with E-state index in [0.29, 0.717) is 12.6 Å². The minimum Gasteiger partial charge on any atom is -0.351 e. The fourth-order valence-corrected chi connectivity index (χ4v) is 2.23. The minimum atomic E-state index is -10.1. The van der Waals surface area contributed by atoms with E-state index in [4.69, 9.17) is 0 Å². The Labute approximate surface area is 128 Å². The van der Waals surface area contributed by atoms with Gasteiger partial charge in [-0.3, -0.25) is 14.9 Å². The van der Waals surface area contributed by atoms with Crippen molar-refractivity contribution in [3.8, 4) is 0 Å². The molecule has 0 aliphatic carbocycles. The maximum atomic E-state index is 12.8. The van der Waals surface area contributed by atoms with Crippen molar-refractivity contribution < 1.29 is 29.1 Å². The lowest BCUT2D eigenvalue weighted by Crippen LogP contribution is -2.31. The van der Waals surface area contributed by atoms with Crippen molar-refractivity contribution >= 4 is 21.8 Å². The summed E-state index contributed by atoms with van der Waals surface area (Å²) in [6.45, 7) is 0.370. The molecule has 0 unspecified atom stereocenters. The number of carbonyl (C=O) groups excluding carboxylic acids is 1. The van der Waals surface area contributed by atoms with Gasteiger partial charge in [0.25, 0.3) is 11.6 Å². The van der Waals surface area contributed by atoms with Gasteiger partial charge >= 0.3 is 10.2 Å². The Balaban J connectivity index is 3.27. The maximum Gasteiger partial charge on any atom is 0.310 e. The molecule has 1 aromatic carbocycles. The highest BCUT2D eigenvalue weighted by Crippen LogP contribution is 3.02. The number of hydrogen-bond acceptors (Lipinski definition) is 4. The topological polar surface area (TPSA) is 75.5 Å². The zero-order chi connectivity index (χ0) is 18.1. The van der Waals surface area contributed by atoms with E-state index in [1.807, 2.05) is 0 Å². The van der Waals surface area contributed by atoms with Crippen LogP contribution in [-0.4, -0.2) is 42.9 Å². The number of nitrogens with zero attached hydrogens (tertiary/aromatic N) is 2. The predicted octanol–water partition coefficient (Wildman–Crippen LogP) is 3.54. The van der Waals surface area contributed by atoms with E-state index in [1.54, 1.807) is 19.0 Å². The Morgan fingerprint density at radius 1 is 1.22 bits per heavy atom. The summed E-state index contributed by atoms with van der Waals surface area (Å²) in [5, 5.41) is 12.8. The first kappa shape index (κ1) is 19.1. The number of nitro groups is 1. The predicted molar refractivity (Wildman–Crippen MR) is 75.4 cm³/mol. The van der Waals surface area contributed by atoms with Gasteiger partial charge in [-0.25, -0.2) is 0 Å². The number of amides is 1. The largest absolute Gasteiger partial charge is 0.351 e. The van der Waals surface area contributed by atoms with Crippen molar-refractivity contribution in [1.82, 2.24) is 10.2 Å². The van der Waals surface area contributed by atoms with Crippen LogP contribution in [0.1, 0.15) is 10.4 Å². The van der Waals surface area contributed by atoms with Crippen LogP contribution in [0.5, 0.6) is 0 Å². The van der Waals surface area contributed by atoms with Gasteiger partial charge in [-0.2, -0.15) is 0 Å². The average Bonchev–Trinajstić information content (AvgIpc) is 2.34. The lowest BCUT2D eigenvalue weighted by Gasteiger charge is -2.40. The van der Waals surface area contributed by atoms with Crippen LogP contribution in [-0.2, 0) is 0 Å². The van der Waals surface area contributed by atoms with Crippen LogP contribution >= 0.6 is 10.2 Å². The summed E-state index contributed by atoms with van der Waals surface area (Å²) in [7, 11) is -6.80. The van der Waals surface area contributed by atoms with Crippen molar-refractivity contribution in [2.45, 2.75) is 4.90 Å². The number of rotatable bonds is 6. The van der Waals surface area contributed by atoms with Crippen molar-refractivity contribution in [2.24, 2.45) is 0 Å². The Kier molecular flexibility index (Phi) is 4.40. The molecular formula is C11H14F5N3O3S. The molecule has 132 valence electrons. The third-order valence-electron chi connectivity index (χ3n) is 2.65. The monoisotopic (exact) mass is 363 g/mol. The average molecular weight is 363 g/mol. The van der Waals surface area contributed by atoms with Crippen LogP contribution in [0.25, 0.3) is 0 Å². The highest BCUT2D eigenvalue weighted by atomic mass is 32.5. The van der Waals surface area contributed by atoms with Crippen LogP contribution in [0.15, 0.2) is 23.1 Å². The maximum absolute atomic E-state index is 12.8. The van der Waals surface area contributed by atoms with Crippen molar-refractivity contribution in [2.75, 3.05) is 27.2 Å². The molecule has 0 saturated heterocycles. The standard InChI is InChI=1S/C11H14F5N3O3S/c1-18(2)4-3-17-11(20)8-5-9(19(21)22)7-10(6-8)23(12,13,14,15)16/h5-7H,3-4H2,1-2H3,(H,17,20). The summed E-state index contributed by atoms with van der Waals surface area (Å²) in [5.74, 6) is -1.11. The van der Waals surface area contributed by atoms with E-state index in [0.717, 1.165) is 0 Å². The lowest BCUT2D eigenvalue weighted by molar-refractivity contribution is -0.385.